The number of rotatable bonds is 7. The lowest BCUT2D eigenvalue weighted by molar-refractivity contribution is -0.141. The van der Waals surface area contributed by atoms with E-state index >= 15 is 0 Å². The molecule has 30 heavy (non-hydrogen) atoms. The molecule has 0 saturated heterocycles. The number of nitrogens with two attached hydrogens (primary N) is 1. The molecule has 0 unspecified atom stereocenters. The van der Waals surface area contributed by atoms with Crippen LogP contribution >= 0.6 is 11.3 Å². The van der Waals surface area contributed by atoms with Gasteiger partial charge in [0, 0.05) is 11.6 Å². The molecular weight excluding hydrogens is 425 g/mol. The molecule has 0 aliphatic heterocycles. The summed E-state index contributed by atoms with van der Waals surface area (Å²) in [6.45, 7) is 2.75. The van der Waals surface area contributed by atoms with E-state index < -0.39 is 36.2 Å². The molecular formula is C18H19F3N4O4S. The van der Waals surface area contributed by atoms with Crippen molar-refractivity contribution in [1.29, 1.82) is 0 Å². The summed E-state index contributed by atoms with van der Waals surface area (Å²) in [5, 5.41) is 6.02. The van der Waals surface area contributed by atoms with Crippen LogP contribution in [0.5, 0.6) is 0 Å². The molecule has 2 aromatic heterocycles. The Balaban J connectivity index is 1.85. The van der Waals surface area contributed by atoms with Crippen molar-refractivity contribution in [3.63, 3.8) is 0 Å². The Hall–Kier alpha value is -2.89. The van der Waals surface area contributed by atoms with Crippen LogP contribution in [0, 0.1) is 6.92 Å². The lowest BCUT2D eigenvalue weighted by Gasteiger charge is -2.08. The van der Waals surface area contributed by atoms with Crippen LogP contribution in [0.25, 0.3) is 0 Å². The zero-order valence-corrected chi connectivity index (χ0v) is 16.9. The molecule has 0 bridgehead atoms. The molecule has 3 rings (SSSR count). The number of nitrogens with one attached hydrogen (secondary N) is 1. The van der Waals surface area contributed by atoms with Crippen LogP contribution in [-0.2, 0) is 22.3 Å². The highest BCUT2D eigenvalue weighted by Crippen LogP contribution is 2.42. The zero-order valence-electron chi connectivity index (χ0n) is 16.1. The quantitative estimate of drug-likeness (QED) is 0.637. The maximum absolute atomic E-state index is 13.0. The fraction of sp³-hybridized carbons (Fsp3) is 0.444. The Morgan fingerprint density at radius 1 is 1.37 bits per heavy atom. The number of hydrogen-bond donors (Lipinski definition) is 2. The van der Waals surface area contributed by atoms with Gasteiger partial charge in [-0.25, -0.2) is 4.79 Å². The van der Waals surface area contributed by atoms with E-state index in [1.807, 2.05) is 0 Å². The number of esters is 1. The van der Waals surface area contributed by atoms with Gasteiger partial charge in [-0.1, -0.05) is 0 Å². The summed E-state index contributed by atoms with van der Waals surface area (Å²) < 4.78 is 45.0. The molecule has 2 amide bonds. The maximum Gasteiger partial charge on any atom is 0.435 e. The molecule has 2 heterocycles. The van der Waals surface area contributed by atoms with Crippen LogP contribution < -0.4 is 11.1 Å². The summed E-state index contributed by atoms with van der Waals surface area (Å²) in [7, 11) is 0. The van der Waals surface area contributed by atoms with Crippen LogP contribution in [0.1, 0.15) is 62.7 Å². The molecule has 1 aliphatic carbocycles. The largest absolute Gasteiger partial charge is 0.462 e. The van der Waals surface area contributed by atoms with Gasteiger partial charge in [-0.2, -0.15) is 18.3 Å². The fourth-order valence-electron chi connectivity index (χ4n) is 3.00. The van der Waals surface area contributed by atoms with Crippen molar-refractivity contribution in [3.8, 4) is 0 Å². The number of ether oxygens (including phenoxy) is 1. The van der Waals surface area contributed by atoms with Crippen molar-refractivity contribution in [1.82, 2.24) is 9.78 Å². The molecule has 0 spiro atoms. The van der Waals surface area contributed by atoms with Crippen LogP contribution in [0.4, 0.5) is 18.2 Å². The van der Waals surface area contributed by atoms with E-state index in [0.29, 0.717) is 5.69 Å². The topological polar surface area (TPSA) is 116 Å². The van der Waals surface area contributed by atoms with E-state index in [4.69, 9.17) is 10.5 Å². The Morgan fingerprint density at radius 3 is 2.57 bits per heavy atom. The van der Waals surface area contributed by atoms with E-state index in [-0.39, 0.29) is 33.5 Å². The third-order valence-electron chi connectivity index (χ3n) is 4.50. The first-order chi connectivity index (χ1) is 14.0. The van der Waals surface area contributed by atoms with Crippen molar-refractivity contribution in [3.05, 3.63) is 33.5 Å². The third-order valence-corrected chi connectivity index (χ3v) is 5.68. The Kier molecular flexibility index (Phi) is 5.88. The molecule has 1 saturated carbocycles. The number of halogens is 3. The van der Waals surface area contributed by atoms with Gasteiger partial charge in [0.1, 0.15) is 16.4 Å². The minimum atomic E-state index is -4.62. The lowest BCUT2D eigenvalue weighted by Crippen LogP contribution is -2.22. The minimum Gasteiger partial charge on any atom is -0.462 e. The number of thiophene rings is 1. The molecule has 1 fully saturated rings. The van der Waals surface area contributed by atoms with E-state index in [0.717, 1.165) is 34.9 Å². The molecule has 3 N–H and O–H groups in total. The van der Waals surface area contributed by atoms with Crippen molar-refractivity contribution >= 4 is 34.1 Å². The van der Waals surface area contributed by atoms with Gasteiger partial charge in [0.05, 0.1) is 12.2 Å². The number of nitrogens with zero attached hydrogens (tertiary/aromatic N) is 2. The van der Waals surface area contributed by atoms with Crippen LogP contribution in [0.3, 0.4) is 0 Å². The van der Waals surface area contributed by atoms with E-state index in [2.05, 4.69) is 10.4 Å². The summed E-state index contributed by atoms with van der Waals surface area (Å²) in [6, 6.07) is 0.952. The molecule has 162 valence electrons. The molecule has 0 atom stereocenters. The Labute approximate surface area is 173 Å². The Bertz CT molecular complexity index is 1010. The number of amides is 2. The smallest absolute Gasteiger partial charge is 0.435 e. The fourth-order valence-corrected chi connectivity index (χ4v) is 4.12. The van der Waals surface area contributed by atoms with Gasteiger partial charge in [-0.3, -0.25) is 14.3 Å². The second-order valence-corrected chi connectivity index (χ2v) is 7.80. The van der Waals surface area contributed by atoms with Gasteiger partial charge in [0.25, 0.3) is 5.91 Å². The second kappa shape index (κ2) is 8.09. The number of primary amides is 1. The molecule has 1 aliphatic rings. The van der Waals surface area contributed by atoms with Crippen molar-refractivity contribution < 1.29 is 32.3 Å². The van der Waals surface area contributed by atoms with Crippen molar-refractivity contribution in [2.45, 2.75) is 45.3 Å². The van der Waals surface area contributed by atoms with E-state index in [1.54, 1.807) is 6.92 Å². The zero-order chi connectivity index (χ0) is 22.2. The maximum atomic E-state index is 13.0. The number of alkyl halides is 3. The molecule has 8 nitrogen and oxygen atoms in total. The monoisotopic (exact) mass is 444 g/mol. The number of hydrogen-bond acceptors (Lipinski definition) is 6. The first-order valence-corrected chi connectivity index (χ1v) is 9.89. The summed E-state index contributed by atoms with van der Waals surface area (Å²) in [6.07, 6.45) is -3.17. The lowest BCUT2D eigenvalue weighted by atomic mass is 10.1. The Morgan fingerprint density at radius 2 is 2.03 bits per heavy atom. The average Bonchev–Trinajstić information content (AvgIpc) is 3.29. The summed E-state index contributed by atoms with van der Waals surface area (Å²) in [5.41, 5.74) is 4.86. The van der Waals surface area contributed by atoms with Crippen LogP contribution in [0.15, 0.2) is 6.07 Å². The number of aromatic nitrogens is 2. The van der Waals surface area contributed by atoms with Gasteiger partial charge < -0.3 is 15.8 Å². The van der Waals surface area contributed by atoms with Gasteiger partial charge in [-0.15, -0.1) is 11.3 Å². The number of anilines is 1. The van der Waals surface area contributed by atoms with Gasteiger partial charge in [-0.05, 0) is 38.3 Å². The molecule has 0 radical (unpaired) electrons. The first-order valence-electron chi connectivity index (χ1n) is 9.08. The normalized spacial score (nSPS) is 13.9. The van der Waals surface area contributed by atoms with Crippen molar-refractivity contribution in [2.75, 3.05) is 11.9 Å². The minimum absolute atomic E-state index is 0.0317. The van der Waals surface area contributed by atoms with Gasteiger partial charge in [0.2, 0.25) is 5.91 Å². The summed E-state index contributed by atoms with van der Waals surface area (Å²) >= 11 is 0.817. The van der Waals surface area contributed by atoms with Gasteiger partial charge >= 0.3 is 12.1 Å². The summed E-state index contributed by atoms with van der Waals surface area (Å²) in [5.74, 6) is -2.29. The first kappa shape index (κ1) is 21.8. The SMILES string of the molecule is CCOC(=O)c1sc(NC(=O)Cn2nc(C(F)(F)F)cc2C2CC2)c(C(N)=O)c1C. The molecule has 2 aromatic rings. The molecule has 12 heteroatoms. The predicted molar refractivity (Wildman–Crippen MR) is 101 cm³/mol. The summed E-state index contributed by atoms with van der Waals surface area (Å²) in [4.78, 5) is 36.5. The third kappa shape index (κ3) is 4.48. The standard InChI is InChI=1S/C18H19F3N4O4S/c1-3-29-17(28)14-8(2)13(15(22)27)16(30-14)23-12(26)7-25-10(9-4-5-9)6-11(24-25)18(19,20)21/h6,9H,3-5,7H2,1-2H3,(H2,22,27)(H,23,26). The second-order valence-electron chi connectivity index (χ2n) is 6.78. The van der Waals surface area contributed by atoms with Crippen LogP contribution in [-0.4, -0.2) is 34.2 Å². The van der Waals surface area contributed by atoms with E-state index in [1.165, 1.54) is 6.92 Å². The van der Waals surface area contributed by atoms with Crippen molar-refractivity contribution in [2.24, 2.45) is 5.73 Å². The highest BCUT2D eigenvalue weighted by molar-refractivity contribution is 7.18. The van der Waals surface area contributed by atoms with Crippen LogP contribution in [0.2, 0.25) is 0 Å². The molecule has 0 aromatic carbocycles. The highest BCUT2D eigenvalue weighted by Gasteiger charge is 2.38. The number of carbonyl (C=O) groups is 3. The van der Waals surface area contributed by atoms with E-state index in [9.17, 15) is 27.6 Å². The average molecular weight is 444 g/mol. The van der Waals surface area contributed by atoms with Gasteiger partial charge in [0.15, 0.2) is 5.69 Å². The number of carbonyl (C=O) groups excluding carboxylic acids is 3. The predicted octanol–water partition coefficient (Wildman–Crippen LogP) is 3.06. The highest BCUT2D eigenvalue weighted by atomic mass is 32.1.